The maximum absolute atomic E-state index is 4.49. The number of rotatable bonds is 14. The summed E-state index contributed by atoms with van der Waals surface area (Å²) in [4.78, 5) is 4.49. The van der Waals surface area contributed by atoms with Crippen LogP contribution in [0.5, 0.6) is 0 Å². The molecule has 0 amide bonds. The molecule has 1 heterocycles. The molecule has 0 aliphatic heterocycles. The molecule has 0 N–H and O–H groups in total. The Kier molecular flexibility index (Phi) is 12.6. The normalized spacial score (nSPS) is 11.4. The van der Waals surface area contributed by atoms with E-state index in [0.717, 1.165) is 11.4 Å². The molecule has 1 rings (SSSR count). The molecule has 0 unspecified atom stereocenters. The van der Waals surface area contributed by atoms with E-state index in [0.29, 0.717) is 0 Å². The predicted octanol–water partition coefficient (Wildman–Crippen LogP) is 7.49. The first-order valence-corrected chi connectivity index (χ1v) is 9.93. The van der Waals surface area contributed by atoms with Gasteiger partial charge in [-0.25, -0.2) is 0 Å². The molecule has 1 aromatic rings. The average molecular weight is 316 g/mol. The highest BCUT2D eigenvalue weighted by Crippen LogP contribution is 2.12. The maximum Gasteiger partial charge on any atom is 0.0629 e. The second kappa shape index (κ2) is 14.5. The summed E-state index contributed by atoms with van der Waals surface area (Å²) in [6.07, 6.45) is 22.6. The number of aryl methyl sites for hydroxylation is 1. The Morgan fingerprint density at radius 2 is 1.35 bits per heavy atom. The molecule has 1 aromatic heterocycles. The van der Waals surface area contributed by atoms with Gasteiger partial charge in [-0.05, 0) is 38.0 Å². The quantitative estimate of drug-likeness (QED) is 0.324. The lowest BCUT2D eigenvalue weighted by molar-refractivity contribution is 0.545. The summed E-state index contributed by atoms with van der Waals surface area (Å²) in [5.74, 6) is 0. The molecule has 0 aromatic carbocycles. The van der Waals surface area contributed by atoms with E-state index in [1.807, 2.05) is 13.0 Å². The van der Waals surface area contributed by atoms with Crippen LogP contribution in [0, 0.1) is 6.92 Å². The van der Waals surface area contributed by atoms with E-state index in [1.54, 1.807) is 0 Å². The van der Waals surface area contributed by atoms with Crippen LogP contribution in [0.3, 0.4) is 0 Å². The van der Waals surface area contributed by atoms with E-state index in [4.69, 9.17) is 0 Å². The third kappa shape index (κ3) is 12.0. The average Bonchev–Trinajstić information content (AvgIpc) is 2.55. The molecule has 0 radical (unpaired) electrons. The Labute approximate surface area is 144 Å². The van der Waals surface area contributed by atoms with Gasteiger partial charge in [0.2, 0.25) is 0 Å². The molecule has 0 aliphatic rings. The highest BCUT2D eigenvalue weighted by Gasteiger charge is 1.93. The lowest BCUT2D eigenvalue weighted by atomic mass is 10.0. The fourth-order valence-corrected chi connectivity index (χ4v) is 2.96. The minimum atomic E-state index is 1.09. The van der Waals surface area contributed by atoms with Crippen LogP contribution in [-0.4, -0.2) is 4.98 Å². The van der Waals surface area contributed by atoms with Crippen LogP contribution in [0.25, 0.3) is 6.08 Å². The van der Waals surface area contributed by atoms with Gasteiger partial charge in [0.15, 0.2) is 0 Å². The first kappa shape index (κ1) is 19.9. The van der Waals surface area contributed by atoms with Crippen molar-refractivity contribution in [1.82, 2.24) is 4.98 Å². The Morgan fingerprint density at radius 1 is 0.783 bits per heavy atom. The van der Waals surface area contributed by atoms with Gasteiger partial charge < -0.3 is 0 Å². The molecule has 0 aliphatic carbocycles. The van der Waals surface area contributed by atoms with Gasteiger partial charge in [-0.15, -0.1) is 0 Å². The maximum atomic E-state index is 4.49. The second-order valence-electron chi connectivity index (χ2n) is 6.78. The molecule has 23 heavy (non-hydrogen) atoms. The van der Waals surface area contributed by atoms with Crippen LogP contribution in [0.15, 0.2) is 24.3 Å². The van der Waals surface area contributed by atoms with Crippen LogP contribution >= 0.6 is 0 Å². The Hall–Kier alpha value is -1.11. The molecule has 0 bridgehead atoms. The number of hydrogen-bond acceptors (Lipinski definition) is 1. The monoisotopic (exact) mass is 315 g/mol. The van der Waals surface area contributed by atoms with Crippen LogP contribution < -0.4 is 0 Å². The molecule has 0 spiro atoms. The Balaban J connectivity index is 1.85. The second-order valence-corrected chi connectivity index (χ2v) is 6.78. The summed E-state index contributed by atoms with van der Waals surface area (Å²) < 4.78 is 0. The summed E-state index contributed by atoms with van der Waals surface area (Å²) in [6, 6.07) is 6.19. The summed E-state index contributed by atoms with van der Waals surface area (Å²) in [6.45, 7) is 4.33. The number of pyridine rings is 1. The zero-order valence-corrected chi connectivity index (χ0v) is 15.5. The van der Waals surface area contributed by atoms with E-state index in [-0.39, 0.29) is 0 Å². The van der Waals surface area contributed by atoms with Crippen molar-refractivity contribution in [2.24, 2.45) is 0 Å². The van der Waals surface area contributed by atoms with Crippen molar-refractivity contribution in [2.45, 2.75) is 97.3 Å². The summed E-state index contributed by atoms with van der Waals surface area (Å²) >= 11 is 0. The van der Waals surface area contributed by atoms with Crippen LogP contribution in [0.1, 0.15) is 102 Å². The van der Waals surface area contributed by atoms with Crippen molar-refractivity contribution in [3.8, 4) is 0 Å². The molecular formula is C22H37N. The molecule has 1 nitrogen and oxygen atoms in total. The van der Waals surface area contributed by atoms with Crippen molar-refractivity contribution in [2.75, 3.05) is 0 Å². The van der Waals surface area contributed by atoms with E-state index >= 15 is 0 Å². The third-order valence-corrected chi connectivity index (χ3v) is 4.42. The fraction of sp³-hybridized carbons (Fsp3) is 0.682. The minimum absolute atomic E-state index is 1.09. The SMILES string of the molecule is CCCCCCCCCCCCCC/C=C/c1cccc(C)n1. The van der Waals surface area contributed by atoms with Crippen molar-refractivity contribution >= 4 is 6.08 Å². The molecule has 0 saturated carbocycles. The number of allylic oxidation sites excluding steroid dienone is 1. The van der Waals surface area contributed by atoms with Crippen LogP contribution in [-0.2, 0) is 0 Å². The smallest absolute Gasteiger partial charge is 0.0629 e. The first-order valence-electron chi connectivity index (χ1n) is 9.93. The minimum Gasteiger partial charge on any atom is -0.254 e. The highest BCUT2D eigenvalue weighted by molar-refractivity contribution is 5.44. The zero-order valence-electron chi connectivity index (χ0n) is 15.5. The fourth-order valence-electron chi connectivity index (χ4n) is 2.96. The molecular weight excluding hydrogens is 278 g/mol. The van der Waals surface area contributed by atoms with Gasteiger partial charge in [0.1, 0.15) is 0 Å². The lowest BCUT2D eigenvalue weighted by Crippen LogP contribution is -1.83. The lowest BCUT2D eigenvalue weighted by Gasteiger charge is -2.02. The summed E-state index contributed by atoms with van der Waals surface area (Å²) in [7, 11) is 0. The number of aromatic nitrogens is 1. The Bertz CT molecular complexity index is 408. The third-order valence-electron chi connectivity index (χ3n) is 4.42. The molecule has 0 saturated heterocycles. The zero-order chi connectivity index (χ0) is 16.6. The summed E-state index contributed by atoms with van der Waals surface area (Å²) in [5, 5.41) is 0. The van der Waals surface area contributed by atoms with Gasteiger partial charge in [-0.2, -0.15) is 0 Å². The van der Waals surface area contributed by atoms with Crippen molar-refractivity contribution in [1.29, 1.82) is 0 Å². The molecule has 0 fully saturated rings. The highest BCUT2D eigenvalue weighted by atomic mass is 14.7. The first-order chi connectivity index (χ1) is 11.3. The number of nitrogens with zero attached hydrogens (tertiary/aromatic N) is 1. The van der Waals surface area contributed by atoms with Gasteiger partial charge in [-0.3, -0.25) is 4.98 Å². The van der Waals surface area contributed by atoms with Gasteiger partial charge >= 0.3 is 0 Å². The largest absolute Gasteiger partial charge is 0.254 e. The van der Waals surface area contributed by atoms with Gasteiger partial charge in [-0.1, -0.05) is 89.7 Å². The van der Waals surface area contributed by atoms with Crippen LogP contribution in [0.4, 0.5) is 0 Å². The van der Waals surface area contributed by atoms with Crippen molar-refractivity contribution in [3.05, 3.63) is 35.7 Å². The molecule has 0 atom stereocenters. The molecule has 130 valence electrons. The number of hydrogen-bond donors (Lipinski definition) is 0. The van der Waals surface area contributed by atoms with E-state index in [1.165, 1.54) is 83.5 Å². The van der Waals surface area contributed by atoms with Crippen molar-refractivity contribution < 1.29 is 0 Å². The van der Waals surface area contributed by atoms with E-state index in [9.17, 15) is 0 Å². The van der Waals surface area contributed by atoms with Gasteiger partial charge in [0.05, 0.1) is 5.69 Å². The van der Waals surface area contributed by atoms with Gasteiger partial charge in [0.25, 0.3) is 0 Å². The molecule has 1 heteroatoms. The standard InChI is InChI=1S/C22H37N/c1-3-4-5-6-7-8-9-10-11-12-13-14-15-16-19-22-20-17-18-21(2)23-22/h16-20H,3-15H2,1-2H3/b19-16+. The Morgan fingerprint density at radius 3 is 1.91 bits per heavy atom. The number of unbranched alkanes of at least 4 members (excludes halogenated alkanes) is 12. The topological polar surface area (TPSA) is 12.9 Å². The van der Waals surface area contributed by atoms with Gasteiger partial charge in [0, 0.05) is 5.69 Å². The van der Waals surface area contributed by atoms with Crippen LogP contribution in [0.2, 0.25) is 0 Å². The predicted molar refractivity (Wildman–Crippen MR) is 104 cm³/mol. The van der Waals surface area contributed by atoms with E-state index < -0.39 is 0 Å². The summed E-state index contributed by atoms with van der Waals surface area (Å²) in [5.41, 5.74) is 2.18. The van der Waals surface area contributed by atoms with E-state index in [2.05, 4.69) is 36.2 Å². The van der Waals surface area contributed by atoms with Crippen molar-refractivity contribution in [3.63, 3.8) is 0 Å².